The number of sulfonamides is 1. The zero-order valence-electron chi connectivity index (χ0n) is 11.0. The SMILES string of the molecule is CCc1cccc(S(=O)(=O)NC(CN)C2CC2)c1.Cl. The van der Waals surface area contributed by atoms with Gasteiger partial charge in [-0.3, -0.25) is 0 Å². The summed E-state index contributed by atoms with van der Waals surface area (Å²) >= 11 is 0. The largest absolute Gasteiger partial charge is 0.329 e. The molecule has 4 nitrogen and oxygen atoms in total. The fraction of sp³-hybridized carbons (Fsp3) is 0.538. The second-order valence-electron chi connectivity index (χ2n) is 4.80. The monoisotopic (exact) mass is 304 g/mol. The maximum absolute atomic E-state index is 12.2. The van der Waals surface area contributed by atoms with Crippen LogP contribution in [0.2, 0.25) is 0 Å². The van der Waals surface area contributed by atoms with E-state index in [0.717, 1.165) is 24.8 Å². The van der Waals surface area contributed by atoms with E-state index in [2.05, 4.69) is 4.72 Å². The van der Waals surface area contributed by atoms with Crippen LogP contribution in [0.25, 0.3) is 0 Å². The Morgan fingerprint density at radius 2 is 2.11 bits per heavy atom. The highest BCUT2D eigenvalue weighted by molar-refractivity contribution is 7.89. The highest BCUT2D eigenvalue weighted by Gasteiger charge is 2.33. The van der Waals surface area contributed by atoms with E-state index < -0.39 is 10.0 Å². The predicted octanol–water partition coefficient (Wildman–Crippen LogP) is 1.69. The van der Waals surface area contributed by atoms with E-state index in [0.29, 0.717) is 17.4 Å². The van der Waals surface area contributed by atoms with Gasteiger partial charge < -0.3 is 5.73 Å². The van der Waals surface area contributed by atoms with Crippen LogP contribution in [0.3, 0.4) is 0 Å². The van der Waals surface area contributed by atoms with Crippen molar-refractivity contribution in [1.29, 1.82) is 0 Å². The number of aryl methyl sites for hydroxylation is 1. The van der Waals surface area contributed by atoms with E-state index in [4.69, 9.17) is 5.73 Å². The molecule has 1 saturated carbocycles. The van der Waals surface area contributed by atoms with Crippen molar-refractivity contribution in [2.75, 3.05) is 6.54 Å². The summed E-state index contributed by atoms with van der Waals surface area (Å²) in [5, 5.41) is 0. The van der Waals surface area contributed by atoms with E-state index >= 15 is 0 Å². The maximum atomic E-state index is 12.2. The molecule has 0 saturated heterocycles. The molecule has 6 heteroatoms. The molecule has 0 aromatic heterocycles. The lowest BCUT2D eigenvalue weighted by Crippen LogP contribution is -2.41. The number of hydrogen-bond donors (Lipinski definition) is 2. The molecular formula is C13H21ClN2O2S. The highest BCUT2D eigenvalue weighted by atomic mass is 35.5. The molecule has 0 spiro atoms. The number of hydrogen-bond acceptors (Lipinski definition) is 3. The highest BCUT2D eigenvalue weighted by Crippen LogP contribution is 2.32. The fourth-order valence-corrected chi connectivity index (χ4v) is 3.42. The normalized spacial score (nSPS) is 16.7. The quantitative estimate of drug-likeness (QED) is 0.840. The first-order chi connectivity index (χ1) is 8.56. The Morgan fingerprint density at radius 3 is 2.63 bits per heavy atom. The van der Waals surface area contributed by atoms with Crippen molar-refractivity contribution in [3.63, 3.8) is 0 Å². The van der Waals surface area contributed by atoms with Gasteiger partial charge in [-0.1, -0.05) is 19.1 Å². The average molecular weight is 305 g/mol. The first-order valence-electron chi connectivity index (χ1n) is 6.38. The van der Waals surface area contributed by atoms with Crippen LogP contribution in [0, 0.1) is 5.92 Å². The predicted molar refractivity (Wildman–Crippen MR) is 79.0 cm³/mol. The Morgan fingerprint density at radius 1 is 1.42 bits per heavy atom. The standard InChI is InChI=1S/C13H20N2O2S.ClH/c1-2-10-4-3-5-12(8-10)18(16,17)15-13(9-14)11-6-7-11;/h3-5,8,11,13,15H,2,6-7,9,14H2,1H3;1H. The number of halogens is 1. The molecule has 1 atom stereocenters. The van der Waals surface area contributed by atoms with Crippen molar-refractivity contribution >= 4 is 22.4 Å². The Labute approximate surface area is 121 Å². The lowest BCUT2D eigenvalue weighted by Gasteiger charge is -2.16. The summed E-state index contributed by atoms with van der Waals surface area (Å²) in [4.78, 5) is 0.334. The van der Waals surface area contributed by atoms with Crippen LogP contribution < -0.4 is 10.5 Å². The van der Waals surface area contributed by atoms with Crippen molar-refractivity contribution < 1.29 is 8.42 Å². The average Bonchev–Trinajstić information content (AvgIpc) is 3.20. The summed E-state index contributed by atoms with van der Waals surface area (Å²) in [5.74, 6) is 0.416. The summed E-state index contributed by atoms with van der Waals surface area (Å²) in [5.41, 5.74) is 6.65. The molecule has 19 heavy (non-hydrogen) atoms. The van der Waals surface area contributed by atoms with Crippen LogP contribution in [0.5, 0.6) is 0 Å². The van der Waals surface area contributed by atoms with Crippen LogP contribution >= 0.6 is 12.4 Å². The van der Waals surface area contributed by atoms with Crippen LogP contribution in [0.1, 0.15) is 25.3 Å². The van der Waals surface area contributed by atoms with Crippen molar-refractivity contribution in [1.82, 2.24) is 4.72 Å². The summed E-state index contributed by atoms with van der Waals surface area (Å²) in [6.45, 7) is 2.36. The first-order valence-corrected chi connectivity index (χ1v) is 7.86. The summed E-state index contributed by atoms with van der Waals surface area (Å²) in [6.07, 6.45) is 2.96. The van der Waals surface area contributed by atoms with E-state index in [9.17, 15) is 8.42 Å². The molecular weight excluding hydrogens is 284 g/mol. The third kappa shape index (κ3) is 4.18. The number of benzene rings is 1. The van der Waals surface area contributed by atoms with E-state index in [1.165, 1.54) is 0 Å². The third-order valence-corrected chi connectivity index (χ3v) is 4.86. The van der Waals surface area contributed by atoms with Gasteiger partial charge >= 0.3 is 0 Å². The summed E-state index contributed by atoms with van der Waals surface area (Å²) < 4.78 is 27.2. The zero-order chi connectivity index (χ0) is 13.2. The minimum Gasteiger partial charge on any atom is -0.329 e. The smallest absolute Gasteiger partial charge is 0.240 e. The molecule has 1 fully saturated rings. The minimum absolute atomic E-state index is 0. The van der Waals surface area contributed by atoms with Crippen LogP contribution in [0.15, 0.2) is 29.2 Å². The van der Waals surface area contributed by atoms with Gasteiger partial charge in [0, 0.05) is 12.6 Å². The van der Waals surface area contributed by atoms with Gasteiger partial charge in [0.05, 0.1) is 4.90 Å². The van der Waals surface area contributed by atoms with Crippen molar-refractivity contribution in [2.45, 2.75) is 37.1 Å². The topological polar surface area (TPSA) is 72.2 Å². The molecule has 1 aliphatic rings. The van der Waals surface area contributed by atoms with E-state index in [1.54, 1.807) is 18.2 Å². The van der Waals surface area contributed by atoms with Gasteiger partial charge in [-0.25, -0.2) is 13.1 Å². The van der Waals surface area contributed by atoms with Crippen LogP contribution in [-0.4, -0.2) is 21.0 Å². The Hall–Kier alpha value is -0.620. The van der Waals surface area contributed by atoms with E-state index in [1.807, 2.05) is 13.0 Å². The van der Waals surface area contributed by atoms with Gasteiger partial charge in [0.1, 0.15) is 0 Å². The first kappa shape index (κ1) is 16.4. The molecule has 108 valence electrons. The molecule has 1 unspecified atom stereocenters. The Kier molecular flexibility index (Phi) is 5.80. The van der Waals surface area contributed by atoms with Gasteiger partial charge in [0.2, 0.25) is 10.0 Å². The molecule has 3 N–H and O–H groups in total. The summed E-state index contributed by atoms with van der Waals surface area (Å²) in [6, 6.07) is 6.94. The lowest BCUT2D eigenvalue weighted by molar-refractivity contribution is 0.519. The Balaban J connectivity index is 0.00000180. The number of rotatable bonds is 6. The van der Waals surface area contributed by atoms with E-state index in [-0.39, 0.29) is 18.4 Å². The van der Waals surface area contributed by atoms with Gasteiger partial charge in [-0.2, -0.15) is 0 Å². The molecule has 0 aliphatic heterocycles. The van der Waals surface area contributed by atoms with Crippen molar-refractivity contribution in [3.05, 3.63) is 29.8 Å². The number of nitrogens with one attached hydrogen (secondary N) is 1. The van der Waals surface area contributed by atoms with Crippen molar-refractivity contribution in [3.8, 4) is 0 Å². The van der Waals surface area contributed by atoms with Gasteiger partial charge in [0.15, 0.2) is 0 Å². The molecule has 0 amide bonds. The molecule has 0 bridgehead atoms. The minimum atomic E-state index is -3.44. The maximum Gasteiger partial charge on any atom is 0.240 e. The second-order valence-corrected chi connectivity index (χ2v) is 6.52. The Bertz CT molecular complexity index is 515. The van der Waals surface area contributed by atoms with Gasteiger partial charge in [0.25, 0.3) is 0 Å². The fourth-order valence-electron chi connectivity index (χ4n) is 2.04. The zero-order valence-corrected chi connectivity index (χ0v) is 12.6. The molecule has 1 aromatic rings. The third-order valence-electron chi connectivity index (χ3n) is 3.37. The molecule has 0 radical (unpaired) electrons. The summed E-state index contributed by atoms with van der Waals surface area (Å²) in [7, 11) is -3.44. The molecule has 0 heterocycles. The molecule has 1 aliphatic carbocycles. The van der Waals surface area contributed by atoms with Gasteiger partial charge in [-0.15, -0.1) is 12.4 Å². The second kappa shape index (κ2) is 6.70. The van der Waals surface area contributed by atoms with Gasteiger partial charge in [-0.05, 0) is 42.9 Å². The van der Waals surface area contributed by atoms with Crippen LogP contribution in [-0.2, 0) is 16.4 Å². The number of nitrogens with two attached hydrogens (primary N) is 1. The van der Waals surface area contributed by atoms with Crippen LogP contribution in [0.4, 0.5) is 0 Å². The lowest BCUT2D eigenvalue weighted by atomic mass is 10.2. The molecule has 2 rings (SSSR count). The van der Waals surface area contributed by atoms with Crippen molar-refractivity contribution in [2.24, 2.45) is 11.7 Å². The molecule has 1 aromatic carbocycles.